The summed E-state index contributed by atoms with van der Waals surface area (Å²) < 4.78 is 5.10. The predicted molar refractivity (Wildman–Crippen MR) is 104 cm³/mol. The number of amides is 2. The number of rotatable bonds is 7. The van der Waals surface area contributed by atoms with Crippen molar-refractivity contribution in [2.75, 3.05) is 52.9 Å². The molecule has 1 unspecified atom stereocenters. The largest absolute Gasteiger partial charge is 0.497 e. The third-order valence-corrected chi connectivity index (χ3v) is 5.37. The van der Waals surface area contributed by atoms with E-state index in [9.17, 15) is 9.59 Å². The lowest BCUT2D eigenvalue weighted by atomic mass is 10.1. The third-order valence-electron chi connectivity index (χ3n) is 5.37. The molecule has 0 bridgehead atoms. The number of nitrogens with one attached hydrogen (secondary N) is 2. The number of hydrogen-bond donors (Lipinski definition) is 2. The van der Waals surface area contributed by atoms with Crippen molar-refractivity contribution < 1.29 is 14.3 Å². The minimum Gasteiger partial charge on any atom is -0.497 e. The third kappa shape index (κ3) is 5.68. The highest BCUT2D eigenvalue weighted by Crippen LogP contribution is 2.12. The Bertz CT molecular complexity index is 621. The maximum Gasteiger partial charge on any atom is 0.251 e. The Morgan fingerprint density at radius 3 is 2.56 bits per heavy atom. The number of nitrogens with zero attached hydrogens (tertiary/aromatic N) is 2. The second-order valence-corrected chi connectivity index (χ2v) is 7.20. The maximum atomic E-state index is 12.4. The van der Waals surface area contributed by atoms with Crippen LogP contribution in [0, 0.1) is 0 Å². The Morgan fingerprint density at radius 1 is 1.19 bits per heavy atom. The van der Waals surface area contributed by atoms with Crippen LogP contribution >= 0.6 is 0 Å². The number of carbonyl (C=O) groups excluding carboxylic acids is 2. The number of ether oxygens (including phenoxy) is 1. The average molecular weight is 374 g/mol. The van der Waals surface area contributed by atoms with Gasteiger partial charge in [-0.3, -0.25) is 14.5 Å². The van der Waals surface area contributed by atoms with Crippen molar-refractivity contribution in [2.24, 2.45) is 0 Å². The number of methoxy groups -OCH3 is 1. The van der Waals surface area contributed by atoms with E-state index in [1.807, 2.05) is 4.90 Å². The molecule has 2 heterocycles. The first-order chi connectivity index (χ1) is 13.2. The van der Waals surface area contributed by atoms with Gasteiger partial charge in [-0.1, -0.05) is 0 Å². The molecule has 148 valence electrons. The van der Waals surface area contributed by atoms with Gasteiger partial charge in [0.05, 0.1) is 7.11 Å². The van der Waals surface area contributed by atoms with Crippen LogP contribution in [0.1, 0.15) is 29.6 Å². The van der Waals surface area contributed by atoms with Crippen LogP contribution in [0.2, 0.25) is 0 Å². The molecule has 2 saturated heterocycles. The Kier molecular flexibility index (Phi) is 7.06. The van der Waals surface area contributed by atoms with Gasteiger partial charge in [-0.25, -0.2) is 0 Å². The number of benzene rings is 1. The molecule has 2 fully saturated rings. The Morgan fingerprint density at radius 2 is 1.93 bits per heavy atom. The van der Waals surface area contributed by atoms with Gasteiger partial charge in [0.1, 0.15) is 5.75 Å². The van der Waals surface area contributed by atoms with Crippen LogP contribution in [0.15, 0.2) is 24.3 Å². The van der Waals surface area contributed by atoms with Crippen molar-refractivity contribution in [3.8, 4) is 5.75 Å². The Balaban J connectivity index is 1.33. The van der Waals surface area contributed by atoms with E-state index in [2.05, 4.69) is 15.5 Å². The van der Waals surface area contributed by atoms with Crippen molar-refractivity contribution in [3.05, 3.63) is 29.8 Å². The molecule has 1 aromatic rings. The maximum absolute atomic E-state index is 12.4. The summed E-state index contributed by atoms with van der Waals surface area (Å²) in [6, 6.07) is 7.46. The van der Waals surface area contributed by atoms with Crippen LogP contribution in [0.25, 0.3) is 0 Å². The van der Waals surface area contributed by atoms with Crippen LogP contribution in [0.4, 0.5) is 0 Å². The minimum atomic E-state index is -0.0736. The van der Waals surface area contributed by atoms with Crippen LogP contribution in [0.3, 0.4) is 0 Å². The van der Waals surface area contributed by atoms with Gasteiger partial charge in [0.15, 0.2) is 0 Å². The molecule has 7 nitrogen and oxygen atoms in total. The Labute approximate surface area is 161 Å². The molecule has 2 aliphatic rings. The van der Waals surface area contributed by atoms with Gasteiger partial charge in [-0.15, -0.1) is 0 Å². The van der Waals surface area contributed by atoms with Crippen molar-refractivity contribution >= 4 is 11.8 Å². The summed E-state index contributed by atoms with van der Waals surface area (Å²) in [7, 11) is 1.61. The summed E-state index contributed by atoms with van der Waals surface area (Å²) in [5.41, 5.74) is 0.631. The molecule has 1 aromatic carbocycles. The van der Waals surface area contributed by atoms with Gasteiger partial charge in [0.25, 0.3) is 5.91 Å². The second-order valence-electron chi connectivity index (χ2n) is 7.20. The molecule has 2 amide bonds. The smallest absolute Gasteiger partial charge is 0.251 e. The first-order valence-corrected chi connectivity index (χ1v) is 9.81. The zero-order chi connectivity index (χ0) is 19.1. The van der Waals surface area contributed by atoms with Crippen LogP contribution in [-0.4, -0.2) is 80.6 Å². The molecule has 1 atom stereocenters. The van der Waals surface area contributed by atoms with Gasteiger partial charge >= 0.3 is 0 Å². The fraction of sp³-hybridized carbons (Fsp3) is 0.600. The molecule has 27 heavy (non-hydrogen) atoms. The van der Waals surface area contributed by atoms with Crippen molar-refractivity contribution in [2.45, 2.75) is 25.3 Å². The van der Waals surface area contributed by atoms with Crippen molar-refractivity contribution in [3.63, 3.8) is 0 Å². The molecule has 2 N–H and O–H groups in total. The minimum absolute atomic E-state index is 0.0736. The van der Waals surface area contributed by atoms with E-state index in [0.717, 1.165) is 51.4 Å². The molecule has 2 aliphatic heterocycles. The van der Waals surface area contributed by atoms with E-state index in [-0.39, 0.29) is 11.8 Å². The lowest BCUT2D eigenvalue weighted by Gasteiger charge is -2.35. The first kappa shape index (κ1) is 19.6. The molecule has 3 rings (SSSR count). The zero-order valence-corrected chi connectivity index (χ0v) is 16.1. The highest BCUT2D eigenvalue weighted by atomic mass is 16.5. The van der Waals surface area contributed by atoms with Gasteiger partial charge in [-0.2, -0.15) is 0 Å². The average Bonchev–Trinajstić information content (AvgIpc) is 3.21. The number of hydrogen-bond acceptors (Lipinski definition) is 5. The standard InChI is InChI=1S/C20H30N4O3/c1-27-18-6-4-16(5-7-18)20(26)22-9-10-23-11-13-24(14-12-23)19(25)15-17-3-2-8-21-17/h4-7,17,21H,2-3,8-15H2,1H3,(H,22,26). The highest BCUT2D eigenvalue weighted by molar-refractivity contribution is 5.94. The summed E-state index contributed by atoms with van der Waals surface area (Å²) in [6.07, 6.45) is 2.91. The quantitative estimate of drug-likeness (QED) is 0.735. The molecule has 7 heteroatoms. The monoisotopic (exact) mass is 374 g/mol. The molecule has 0 radical (unpaired) electrons. The van der Waals surface area contributed by atoms with Crippen LogP contribution < -0.4 is 15.4 Å². The molecular formula is C20H30N4O3. The molecule has 0 spiro atoms. The summed E-state index contributed by atoms with van der Waals surface area (Å²) in [5.74, 6) is 0.931. The van der Waals surface area contributed by atoms with Crippen LogP contribution in [0.5, 0.6) is 5.75 Å². The first-order valence-electron chi connectivity index (χ1n) is 9.81. The van der Waals surface area contributed by atoms with E-state index in [0.29, 0.717) is 24.6 Å². The van der Waals surface area contributed by atoms with Crippen molar-refractivity contribution in [1.29, 1.82) is 0 Å². The fourth-order valence-corrected chi connectivity index (χ4v) is 3.66. The zero-order valence-electron chi connectivity index (χ0n) is 16.1. The molecular weight excluding hydrogens is 344 g/mol. The molecule has 0 saturated carbocycles. The van der Waals surface area contributed by atoms with Gasteiger partial charge in [0, 0.05) is 57.3 Å². The predicted octanol–water partition coefficient (Wildman–Crippen LogP) is 0.711. The van der Waals surface area contributed by atoms with E-state index < -0.39 is 0 Å². The van der Waals surface area contributed by atoms with Gasteiger partial charge in [0.2, 0.25) is 5.91 Å². The Hall–Kier alpha value is -2.12. The summed E-state index contributed by atoms with van der Waals surface area (Å²) >= 11 is 0. The number of piperazine rings is 1. The van der Waals surface area contributed by atoms with E-state index in [1.54, 1.807) is 31.4 Å². The summed E-state index contributed by atoms with van der Waals surface area (Å²) in [6.45, 7) is 5.72. The van der Waals surface area contributed by atoms with E-state index in [1.165, 1.54) is 6.42 Å². The SMILES string of the molecule is COc1ccc(C(=O)NCCN2CCN(C(=O)CC3CCCN3)CC2)cc1. The second kappa shape index (κ2) is 9.71. The fourth-order valence-electron chi connectivity index (χ4n) is 3.66. The molecule has 0 aromatic heterocycles. The highest BCUT2D eigenvalue weighted by Gasteiger charge is 2.24. The molecule has 0 aliphatic carbocycles. The van der Waals surface area contributed by atoms with E-state index in [4.69, 9.17) is 4.74 Å². The van der Waals surface area contributed by atoms with Gasteiger partial charge < -0.3 is 20.3 Å². The number of carbonyl (C=O) groups is 2. The lowest BCUT2D eigenvalue weighted by molar-refractivity contribution is -0.133. The van der Waals surface area contributed by atoms with Crippen molar-refractivity contribution in [1.82, 2.24) is 20.4 Å². The van der Waals surface area contributed by atoms with Crippen LogP contribution in [-0.2, 0) is 4.79 Å². The summed E-state index contributed by atoms with van der Waals surface area (Å²) in [5, 5.41) is 6.34. The lowest BCUT2D eigenvalue weighted by Crippen LogP contribution is -2.51. The van der Waals surface area contributed by atoms with E-state index >= 15 is 0 Å². The van der Waals surface area contributed by atoms with Gasteiger partial charge in [-0.05, 0) is 43.7 Å². The summed E-state index contributed by atoms with van der Waals surface area (Å²) in [4.78, 5) is 28.8. The topological polar surface area (TPSA) is 73.9 Å². The normalized spacial score (nSPS) is 20.5.